The molecule has 1 N–H and O–H groups in total. The highest BCUT2D eigenvalue weighted by atomic mass is 79.9. The summed E-state index contributed by atoms with van der Waals surface area (Å²) >= 11 is 3.26. The molecule has 1 atom stereocenters. The van der Waals surface area contributed by atoms with Crippen LogP contribution in [0.3, 0.4) is 0 Å². The number of amides is 1. The van der Waals surface area contributed by atoms with Gasteiger partial charge in [0.2, 0.25) is 0 Å². The van der Waals surface area contributed by atoms with E-state index in [1.54, 1.807) is 6.26 Å². The predicted octanol–water partition coefficient (Wildman–Crippen LogP) is 3.21. The number of hydrogen-bond donors (Lipinski definition) is 1. The van der Waals surface area contributed by atoms with Crippen molar-refractivity contribution in [2.45, 2.75) is 43.9 Å². The molecule has 0 aromatic carbocycles. The molecule has 0 saturated heterocycles. The number of nitrogens with one attached hydrogen (secondary N) is 1. The average molecular weight is 318 g/mol. The third-order valence-electron chi connectivity index (χ3n) is 2.57. The van der Waals surface area contributed by atoms with Crippen LogP contribution in [0, 0.1) is 0 Å². The molecule has 0 aliphatic rings. The summed E-state index contributed by atoms with van der Waals surface area (Å²) in [4.78, 5) is 16.3. The van der Waals surface area contributed by atoms with Crippen LogP contribution in [0.1, 0.15) is 38.4 Å². The molecule has 4 nitrogen and oxygen atoms in total. The lowest BCUT2D eigenvalue weighted by Crippen LogP contribution is -2.31. The Morgan fingerprint density at radius 1 is 1.50 bits per heavy atom. The van der Waals surface area contributed by atoms with Gasteiger partial charge in [-0.3, -0.25) is 9.63 Å². The molecule has 5 heteroatoms. The number of carbonyl (C=O) groups is 1. The molecule has 1 heterocycles. The second kappa shape index (κ2) is 9.16. The van der Waals surface area contributed by atoms with Gasteiger partial charge in [0.15, 0.2) is 0 Å². The molecule has 1 rings (SSSR count). The second-order valence-electron chi connectivity index (χ2n) is 4.08. The summed E-state index contributed by atoms with van der Waals surface area (Å²) in [5.41, 5.74) is 2.43. The summed E-state index contributed by atoms with van der Waals surface area (Å²) in [5, 5.41) is 0. The van der Waals surface area contributed by atoms with Crippen LogP contribution in [0.2, 0.25) is 0 Å². The highest BCUT2D eigenvalue weighted by molar-refractivity contribution is 9.10. The van der Waals surface area contributed by atoms with Gasteiger partial charge in [-0.15, -0.1) is 0 Å². The van der Waals surface area contributed by atoms with Gasteiger partial charge in [-0.25, -0.2) is 5.48 Å². The van der Waals surface area contributed by atoms with Gasteiger partial charge in [-0.05, 0) is 31.4 Å². The van der Waals surface area contributed by atoms with E-state index < -0.39 is 0 Å². The summed E-state index contributed by atoms with van der Waals surface area (Å²) in [6.45, 7) is 2.49. The molecule has 0 radical (unpaired) electrons. The predicted molar refractivity (Wildman–Crippen MR) is 73.4 cm³/mol. The van der Waals surface area contributed by atoms with E-state index in [0.717, 1.165) is 37.9 Å². The van der Waals surface area contributed by atoms with E-state index in [9.17, 15) is 4.79 Å². The lowest BCUT2D eigenvalue weighted by Gasteiger charge is -2.08. The minimum absolute atomic E-state index is 0.118. The van der Waals surface area contributed by atoms with Gasteiger partial charge in [0.25, 0.3) is 5.91 Å². The van der Waals surface area contributed by atoms with Gasteiger partial charge < -0.3 is 4.42 Å². The van der Waals surface area contributed by atoms with E-state index >= 15 is 0 Å². The van der Waals surface area contributed by atoms with Crippen LogP contribution in [0.4, 0.5) is 0 Å². The van der Waals surface area contributed by atoms with Crippen molar-refractivity contribution in [2.24, 2.45) is 0 Å². The largest absolute Gasteiger partial charge is 0.469 e. The number of aryl methyl sites for hydroxylation is 1. The van der Waals surface area contributed by atoms with Crippen LogP contribution in [0.5, 0.6) is 0 Å². The SMILES string of the molecule is CCC(Br)C(=O)NOCCCCCc1ccco1. The summed E-state index contributed by atoms with van der Waals surface area (Å²) < 4.78 is 5.24. The Balaban J connectivity index is 1.91. The number of hydrogen-bond acceptors (Lipinski definition) is 3. The van der Waals surface area contributed by atoms with Gasteiger partial charge in [0, 0.05) is 6.42 Å². The molecule has 0 bridgehead atoms. The highest BCUT2D eigenvalue weighted by Crippen LogP contribution is 2.07. The summed E-state index contributed by atoms with van der Waals surface area (Å²) in [7, 11) is 0. The zero-order valence-corrected chi connectivity index (χ0v) is 12.2. The Hall–Kier alpha value is -0.810. The van der Waals surface area contributed by atoms with E-state index in [2.05, 4.69) is 21.4 Å². The first-order valence-corrected chi connectivity index (χ1v) is 7.23. The minimum atomic E-state index is -0.170. The number of unbranched alkanes of at least 4 members (excludes halogenated alkanes) is 2. The number of furan rings is 1. The maximum absolute atomic E-state index is 11.3. The van der Waals surface area contributed by atoms with Gasteiger partial charge in [0.05, 0.1) is 17.7 Å². The minimum Gasteiger partial charge on any atom is -0.469 e. The van der Waals surface area contributed by atoms with Crippen molar-refractivity contribution in [1.29, 1.82) is 0 Å². The smallest absolute Gasteiger partial charge is 0.257 e. The summed E-state index contributed by atoms with van der Waals surface area (Å²) in [5.74, 6) is 0.905. The topological polar surface area (TPSA) is 51.5 Å². The molecule has 0 spiro atoms. The van der Waals surface area contributed by atoms with Crippen LogP contribution in [-0.2, 0) is 16.1 Å². The zero-order valence-electron chi connectivity index (χ0n) is 10.7. The van der Waals surface area contributed by atoms with Crippen LogP contribution in [-0.4, -0.2) is 17.3 Å². The van der Waals surface area contributed by atoms with Crippen molar-refractivity contribution in [3.63, 3.8) is 0 Å². The molecule has 0 fully saturated rings. The zero-order chi connectivity index (χ0) is 13.2. The first kappa shape index (κ1) is 15.2. The Morgan fingerprint density at radius 2 is 2.33 bits per heavy atom. The van der Waals surface area contributed by atoms with E-state index in [1.165, 1.54) is 0 Å². The van der Waals surface area contributed by atoms with Crippen LogP contribution in [0.15, 0.2) is 22.8 Å². The van der Waals surface area contributed by atoms with Crippen LogP contribution >= 0.6 is 15.9 Å². The maximum atomic E-state index is 11.3. The van der Waals surface area contributed by atoms with E-state index in [4.69, 9.17) is 9.25 Å². The molecule has 0 aliphatic carbocycles. The van der Waals surface area contributed by atoms with Crippen LogP contribution < -0.4 is 5.48 Å². The van der Waals surface area contributed by atoms with E-state index in [-0.39, 0.29) is 10.7 Å². The molecule has 1 unspecified atom stereocenters. The van der Waals surface area contributed by atoms with Crippen molar-refractivity contribution in [3.05, 3.63) is 24.2 Å². The van der Waals surface area contributed by atoms with Crippen LogP contribution in [0.25, 0.3) is 0 Å². The van der Waals surface area contributed by atoms with Crippen molar-refractivity contribution in [2.75, 3.05) is 6.61 Å². The summed E-state index contributed by atoms with van der Waals surface area (Å²) in [6, 6.07) is 3.88. The Kier molecular flexibility index (Phi) is 7.76. The van der Waals surface area contributed by atoms with Gasteiger partial charge in [-0.2, -0.15) is 0 Å². The fraction of sp³-hybridized carbons (Fsp3) is 0.615. The van der Waals surface area contributed by atoms with E-state index in [0.29, 0.717) is 6.61 Å². The number of rotatable bonds is 9. The lowest BCUT2D eigenvalue weighted by atomic mass is 10.2. The van der Waals surface area contributed by atoms with Gasteiger partial charge in [-0.1, -0.05) is 29.3 Å². The Morgan fingerprint density at radius 3 is 3.00 bits per heavy atom. The molecule has 1 aromatic rings. The fourth-order valence-electron chi connectivity index (χ4n) is 1.48. The third-order valence-corrected chi connectivity index (χ3v) is 3.63. The molecule has 102 valence electrons. The van der Waals surface area contributed by atoms with Crippen molar-refractivity contribution < 1.29 is 14.0 Å². The normalized spacial score (nSPS) is 12.3. The lowest BCUT2D eigenvalue weighted by molar-refractivity contribution is -0.133. The molecule has 18 heavy (non-hydrogen) atoms. The van der Waals surface area contributed by atoms with Gasteiger partial charge >= 0.3 is 0 Å². The van der Waals surface area contributed by atoms with Crippen molar-refractivity contribution in [3.8, 4) is 0 Å². The maximum Gasteiger partial charge on any atom is 0.257 e. The average Bonchev–Trinajstić information content (AvgIpc) is 2.89. The molecular formula is C13H20BrNO3. The molecule has 1 aromatic heterocycles. The monoisotopic (exact) mass is 317 g/mol. The first-order chi connectivity index (χ1) is 8.74. The summed E-state index contributed by atoms with van der Waals surface area (Å²) in [6.07, 6.45) is 6.46. The highest BCUT2D eigenvalue weighted by Gasteiger charge is 2.11. The van der Waals surface area contributed by atoms with Gasteiger partial charge in [0.1, 0.15) is 5.76 Å². The Labute approximate surface area is 116 Å². The fourth-order valence-corrected chi connectivity index (χ4v) is 1.57. The molecule has 0 aliphatic heterocycles. The quantitative estimate of drug-likeness (QED) is 0.432. The number of carbonyl (C=O) groups excluding carboxylic acids is 1. The third kappa shape index (κ3) is 6.21. The van der Waals surface area contributed by atoms with Crippen molar-refractivity contribution >= 4 is 21.8 Å². The molecule has 1 amide bonds. The number of alkyl halides is 1. The Bertz CT molecular complexity index is 327. The van der Waals surface area contributed by atoms with E-state index in [1.807, 2.05) is 19.1 Å². The number of halogens is 1. The first-order valence-electron chi connectivity index (χ1n) is 6.32. The molecule has 0 saturated carbocycles. The standard InChI is InChI=1S/C13H20BrNO3/c1-2-12(14)13(16)15-18-10-5-3-4-7-11-8-6-9-17-11/h6,8-9,12H,2-5,7,10H2,1H3,(H,15,16). The number of hydroxylamine groups is 1. The second-order valence-corrected chi connectivity index (χ2v) is 5.19. The van der Waals surface area contributed by atoms with Crippen molar-refractivity contribution in [1.82, 2.24) is 5.48 Å². The molecular weight excluding hydrogens is 298 g/mol.